The monoisotopic (exact) mass is 309 g/mol. The molecule has 6 heteroatoms. The fourth-order valence-corrected chi connectivity index (χ4v) is 2.45. The molecule has 1 heterocycles. The first kappa shape index (κ1) is 14.9. The van der Waals surface area contributed by atoms with Crippen molar-refractivity contribution in [1.29, 1.82) is 0 Å². The lowest BCUT2D eigenvalue weighted by Gasteiger charge is -2.10. The molecule has 2 N–H and O–H groups in total. The minimum absolute atomic E-state index is 0.202. The van der Waals surface area contributed by atoms with E-state index in [0.717, 1.165) is 11.1 Å². The highest BCUT2D eigenvalue weighted by molar-refractivity contribution is 5.87. The van der Waals surface area contributed by atoms with Crippen LogP contribution in [0.15, 0.2) is 48.5 Å². The molecule has 3 rings (SSSR count). The number of aromatic nitrogens is 3. The molecular weight excluding hydrogens is 294 g/mol. The lowest BCUT2D eigenvalue weighted by Crippen LogP contribution is -2.03. The van der Waals surface area contributed by atoms with Crippen molar-refractivity contribution in [2.45, 2.75) is 13.5 Å². The Hall–Kier alpha value is -2.99. The van der Waals surface area contributed by atoms with E-state index in [1.54, 1.807) is 16.8 Å². The summed E-state index contributed by atoms with van der Waals surface area (Å²) in [5, 5.41) is 26.7. The molecule has 0 amide bonds. The summed E-state index contributed by atoms with van der Waals surface area (Å²) in [5.41, 5.74) is 4.01. The topological polar surface area (TPSA) is 88.2 Å². The minimum atomic E-state index is -0.981. The van der Waals surface area contributed by atoms with Gasteiger partial charge in [0.15, 0.2) is 0 Å². The summed E-state index contributed by atoms with van der Waals surface area (Å²) in [6.07, 6.45) is 0. The van der Waals surface area contributed by atoms with Gasteiger partial charge in [0.2, 0.25) is 0 Å². The normalized spacial score (nSPS) is 10.7. The number of carboxylic acid groups (broad SMARTS) is 1. The molecule has 0 aliphatic carbocycles. The van der Waals surface area contributed by atoms with Gasteiger partial charge in [-0.15, -0.1) is 5.10 Å². The Labute approximate surface area is 132 Å². The van der Waals surface area contributed by atoms with E-state index in [1.165, 1.54) is 12.1 Å². The summed E-state index contributed by atoms with van der Waals surface area (Å²) in [6, 6.07) is 14.1. The van der Waals surface area contributed by atoms with Crippen LogP contribution in [0.5, 0.6) is 0 Å². The fraction of sp³-hybridized carbons (Fsp3) is 0.118. The van der Waals surface area contributed by atoms with Gasteiger partial charge < -0.3 is 10.2 Å². The predicted molar refractivity (Wildman–Crippen MR) is 84.4 cm³/mol. The maximum Gasteiger partial charge on any atom is 0.335 e. The molecule has 0 atom stereocenters. The molecule has 0 unspecified atom stereocenters. The zero-order chi connectivity index (χ0) is 16.4. The lowest BCUT2D eigenvalue weighted by molar-refractivity contribution is 0.0697. The molecule has 23 heavy (non-hydrogen) atoms. The van der Waals surface area contributed by atoms with Crippen LogP contribution in [0.1, 0.15) is 21.6 Å². The molecule has 2 aromatic carbocycles. The molecule has 0 saturated heterocycles. The van der Waals surface area contributed by atoms with Gasteiger partial charge in [-0.05, 0) is 36.8 Å². The second-order valence-electron chi connectivity index (χ2n) is 5.12. The van der Waals surface area contributed by atoms with Gasteiger partial charge in [0.05, 0.1) is 17.9 Å². The van der Waals surface area contributed by atoms with Crippen LogP contribution in [0.2, 0.25) is 0 Å². The molecule has 0 bridgehead atoms. The van der Waals surface area contributed by atoms with E-state index < -0.39 is 5.97 Å². The highest BCUT2D eigenvalue weighted by atomic mass is 16.4. The molecule has 0 aliphatic rings. The molecule has 1 aromatic heterocycles. The molecule has 0 saturated carbocycles. The zero-order valence-corrected chi connectivity index (χ0v) is 12.5. The number of carboxylic acids is 1. The smallest absolute Gasteiger partial charge is 0.335 e. The third-order valence-electron chi connectivity index (χ3n) is 3.65. The molecule has 0 spiro atoms. The Morgan fingerprint density at radius 3 is 2.43 bits per heavy atom. The number of aliphatic hydroxyl groups is 1. The van der Waals surface area contributed by atoms with Gasteiger partial charge in [0, 0.05) is 5.56 Å². The Balaban J connectivity index is 2.16. The van der Waals surface area contributed by atoms with Crippen LogP contribution in [-0.4, -0.2) is 31.2 Å². The van der Waals surface area contributed by atoms with E-state index in [1.807, 2.05) is 31.2 Å². The van der Waals surface area contributed by atoms with Crippen molar-refractivity contribution in [3.05, 3.63) is 65.4 Å². The largest absolute Gasteiger partial charge is 0.478 e. The quantitative estimate of drug-likeness (QED) is 0.772. The van der Waals surface area contributed by atoms with E-state index in [0.29, 0.717) is 17.1 Å². The van der Waals surface area contributed by atoms with E-state index in [4.69, 9.17) is 5.11 Å². The Morgan fingerprint density at radius 1 is 1.13 bits per heavy atom. The van der Waals surface area contributed by atoms with Gasteiger partial charge in [-0.3, -0.25) is 0 Å². The summed E-state index contributed by atoms with van der Waals surface area (Å²) in [6.45, 7) is 1.75. The summed E-state index contributed by atoms with van der Waals surface area (Å²) >= 11 is 0. The third-order valence-corrected chi connectivity index (χ3v) is 3.65. The van der Waals surface area contributed by atoms with Gasteiger partial charge in [0.1, 0.15) is 11.4 Å². The van der Waals surface area contributed by atoms with E-state index in [-0.39, 0.29) is 12.2 Å². The van der Waals surface area contributed by atoms with Crippen molar-refractivity contribution in [2.24, 2.45) is 0 Å². The molecule has 116 valence electrons. The first-order valence-corrected chi connectivity index (χ1v) is 7.07. The molecule has 0 radical (unpaired) electrons. The summed E-state index contributed by atoms with van der Waals surface area (Å²) in [7, 11) is 0. The van der Waals surface area contributed by atoms with Crippen molar-refractivity contribution < 1.29 is 15.0 Å². The van der Waals surface area contributed by atoms with Crippen LogP contribution in [0.4, 0.5) is 0 Å². The number of hydrogen-bond donors (Lipinski definition) is 2. The number of carbonyl (C=O) groups is 1. The second kappa shape index (κ2) is 6.02. The van der Waals surface area contributed by atoms with E-state index in [9.17, 15) is 9.90 Å². The van der Waals surface area contributed by atoms with Crippen molar-refractivity contribution in [2.75, 3.05) is 0 Å². The predicted octanol–water partition coefficient (Wildman–Crippen LogP) is 2.43. The van der Waals surface area contributed by atoms with Crippen molar-refractivity contribution in [3.8, 4) is 16.9 Å². The SMILES string of the molecule is Cc1ccccc1-c1c(CO)nnn1-c1ccc(C(=O)O)cc1. The van der Waals surface area contributed by atoms with Crippen LogP contribution in [0.25, 0.3) is 16.9 Å². The maximum absolute atomic E-state index is 11.0. The van der Waals surface area contributed by atoms with Crippen molar-refractivity contribution in [1.82, 2.24) is 15.0 Å². The van der Waals surface area contributed by atoms with Gasteiger partial charge in [-0.1, -0.05) is 29.5 Å². The molecule has 0 fully saturated rings. The average Bonchev–Trinajstić information content (AvgIpc) is 2.99. The first-order valence-electron chi connectivity index (χ1n) is 7.07. The number of rotatable bonds is 4. The molecule has 6 nitrogen and oxygen atoms in total. The van der Waals surface area contributed by atoms with E-state index >= 15 is 0 Å². The van der Waals surface area contributed by atoms with Gasteiger partial charge in [-0.25, -0.2) is 9.48 Å². The maximum atomic E-state index is 11.0. The highest BCUT2D eigenvalue weighted by Crippen LogP contribution is 2.28. The van der Waals surface area contributed by atoms with Crippen LogP contribution in [0.3, 0.4) is 0 Å². The fourth-order valence-electron chi connectivity index (χ4n) is 2.45. The number of aromatic carboxylic acids is 1. The van der Waals surface area contributed by atoms with Crippen LogP contribution < -0.4 is 0 Å². The van der Waals surface area contributed by atoms with Crippen LogP contribution in [-0.2, 0) is 6.61 Å². The van der Waals surface area contributed by atoms with Gasteiger partial charge in [-0.2, -0.15) is 0 Å². The Kier molecular flexibility index (Phi) is 3.91. The highest BCUT2D eigenvalue weighted by Gasteiger charge is 2.17. The molecular formula is C17H15N3O3. The second-order valence-corrected chi connectivity index (χ2v) is 5.12. The lowest BCUT2D eigenvalue weighted by atomic mass is 10.0. The van der Waals surface area contributed by atoms with Crippen molar-refractivity contribution >= 4 is 5.97 Å². The van der Waals surface area contributed by atoms with Crippen molar-refractivity contribution in [3.63, 3.8) is 0 Å². The molecule has 0 aliphatic heterocycles. The summed E-state index contributed by atoms with van der Waals surface area (Å²) in [5.74, 6) is -0.981. The standard InChI is InChI=1S/C17H15N3O3/c1-11-4-2-3-5-14(11)16-15(10-21)18-19-20(16)13-8-6-12(7-9-13)17(22)23/h2-9,21H,10H2,1H3,(H,22,23). The first-order chi connectivity index (χ1) is 11.1. The Morgan fingerprint density at radius 2 is 1.83 bits per heavy atom. The number of benzene rings is 2. The van der Waals surface area contributed by atoms with Gasteiger partial charge in [0.25, 0.3) is 0 Å². The number of aryl methyl sites for hydroxylation is 1. The van der Waals surface area contributed by atoms with Crippen LogP contribution in [0, 0.1) is 6.92 Å². The molecule has 3 aromatic rings. The van der Waals surface area contributed by atoms with Crippen LogP contribution >= 0.6 is 0 Å². The minimum Gasteiger partial charge on any atom is -0.478 e. The zero-order valence-electron chi connectivity index (χ0n) is 12.5. The summed E-state index contributed by atoms with van der Waals surface area (Å²) < 4.78 is 1.61. The number of nitrogens with zero attached hydrogens (tertiary/aromatic N) is 3. The number of aliphatic hydroxyl groups excluding tert-OH is 1. The number of hydrogen-bond acceptors (Lipinski definition) is 4. The van der Waals surface area contributed by atoms with Gasteiger partial charge >= 0.3 is 5.97 Å². The summed E-state index contributed by atoms with van der Waals surface area (Å²) in [4.78, 5) is 11.0. The third kappa shape index (κ3) is 2.72. The Bertz CT molecular complexity index is 854. The average molecular weight is 309 g/mol. The van der Waals surface area contributed by atoms with E-state index in [2.05, 4.69) is 10.3 Å².